The SMILES string of the molecule is COc1ccc(CN2CCCO[C@@H](CN3CCCCC3)C2)cc1C(=O)O. The maximum absolute atomic E-state index is 11.4. The van der Waals surface area contributed by atoms with Crippen molar-refractivity contribution in [3.05, 3.63) is 29.3 Å². The largest absolute Gasteiger partial charge is 0.496 e. The van der Waals surface area contributed by atoms with E-state index in [1.807, 2.05) is 6.07 Å². The van der Waals surface area contributed by atoms with Gasteiger partial charge in [-0.2, -0.15) is 0 Å². The highest BCUT2D eigenvalue weighted by atomic mass is 16.5. The van der Waals surface area contributed by atoms with Gasteiger partial charge in [0.2, 0.25) is 0 Å². The lowest BCUT2D eigenvalue weighted by Gasteiger charge is -2.31. The van der Waals surface area contributed by atoms with Crippen molar-refractivity contribution in [1.82, 2.24) is 9.80 Å². The van der Waals surface area contributed by atoms with Crippen LogP contribution >= 0.6 is 0 Å². The van der Waals surface area contributed by atoms with Gasteiger partial charge in [-0.1, -0.05) is 12.5 Å². The molecule has 0 radical (unpaired) electrons. The average molecular weight is 362 g/mol. The Hall–Kier alpha value is -1.63. The van der Waals surface area contributed by atoms with E-state index in [2.05, 4.69) is 9.80 Å². The molecule has 6 nitrogen and oxygen atoms in total. The van der Waals surface area contributed by atoms with E-state index >= 15 is 0 Å². The second kappa shape index (κ2) is 9.35. The van der Waals surface area contributed by atoms with E-state index in [4.69, 9.17) is 9.47 Å². The lowest BCUT2D eigenvalue weighted by molar-refractivity contribution is 0.0216. The normalized spacial score (nSPS) is 22.7. The summed E-state index contributed by atoms with van der Waals surface area (Å²) < 4.78 is 11.2. The van der Waals surface area contributed by atoms with Crippen molar-refractivity contribution >= 4 is 5.97 Å². The summed E-state index contributed by atoms with van der Waals surface area (Å²) in [6, 6.07) is 5.43. The molecule has 1 aromatic carbocycles. The molecule has 1 N–H and O–H groups in total. The molecule has 2 heterocycles. The minimum Gasteiger partial charge on any atom is -0.496 e. The first-order chi connectivity index (χ1) is 12.7. The molecule has 144 valence electrons. The quantitative estimate of drug-likeness (QED) is 0.839. The summed E-state index contributed by atoms with van der Waals surface area (Å²) >= 11 is 0. The third-order valence-corrected chi connectivity index (χ3v) is 5.25. The van der Waals surface area contributed by atoms with Gasteiger partial charge in [0, 0.05) is 32.8 Å². The van der Waals surface area contributed by atoms with Crippen LogP contribution in [0.3, 0.4) is 0 Å². The molecule has 2 fully saturated rings. The molecule has 1 atom stereocenters. The van der Waals surface area contributed by atoms with Crippen LogP contribution in [0.2, 0.25) is 0 Å². The lowest BCUT2D eigenvalue weighted by Crippen LogP contribution is -2.42. The Morgan fingerprint density at radius 2 is 1.96 bits per heavy atom. The monoisotopic (exact) mass is 362 g/mol. The molecule has 0 aliphatic carbocycles. The van der Waals surface area contributed by atoms with E-state index in [0.29, 0.717) is 5.75 Å². The third kappa shape index (κ3) is 5.19. The lowest BCUT2D eigenvalue weighted by atomic mass is 10.1. The van der Waals surface area contributed by atoms with Gasteiger partial charge in [-0.25, -0.2) is 4.79 Å². The number of carbonyl (C=O) groups is 1. The van der Waals surface area contributed by atoms with Gasteiger partial charge in [0.1, 0.15) is 11.3 Å². The Balaban J connectivity index is 1.62. The molecular weight excluding hydrogens is 332 g/mol. The van der Waals surface area contributed by atoms with Gasteiger partial charge in [-0.3, -0.25) is 4.90 Å². The number of carboxylic acid groups (broad SMARTS) is 1. The molecule has 0 aromatic heterocycles. The highest BCUT2D eigenvalue weighted by molar-refractivity contribution is 5.91. The molecule has 2 aliphatic heterocycles. The maximum Gasteiger partial charge on any atom is 0.339 e. The van der Waals surface area contributed by atoms with E-state index < -0.39 is 5.97 Å². The number of aromatic carboxylic acids is 1. The van der Waals surface area contributed by atoms with Crippen molar-refractivity contribution in [2.45, 2.75) is 38.3 Å². The van der Waals surface area contributed by atoms with Gasteiger partial charge in [0.05, 0.1) is 13.2 Å². The maximum atomic E-state index is 11.4. The Morgan fingerprint density at radius 3 is 2.69 bits per heavy atom. The van der Waals surface area contributed by atoms with Crippen molar-refractivity contribution in [2.24, 2.45) is 0 Å². The highest BCUT2D eigenvalue weighted by Gasteiger charge is 2.23. The van der Waals surface area contributed by atoms with Crippen LogP contribution in [0.15, 0.2) is 18.2 Å². The first kappa shape index (κ1) is 19.1. The Kier molecular flexibility index (Phi) is 6.88. The number of hydrogen-bond acceptors (Lipinski definition) is 5. The number of hydrogen-bond donors (Lipinski definition) is 1. The van der Waals surface area contributed by atoms with Gasteiger partial charge < -0.3 is 19.5 Å². The van der Waals surface area contributed by atoms with Crippen LogP contribution in [-0.4, -0.2) is 73.4 Å². The summed E-state index contributed by atoms with van der Waals surface area (Å²) in [4.78, 5) is 16.3. The summed E-state index contributed by atoms with van der Waals surface area (Å²) in [5.41, 5.74) is 1.22. The van der Waals surface area contributed by atoms with Crippen LogP contribution in [0.25, 0.3) is 0 Å². The number of methoxy groups -OCH3 is 1. The molecular formula is C20H30N2O4. The van der Waals surface area contributed by atoms with Gasteiger partial charge in [0.15, 0.2) is 0 Å². The zero-order valence-corrected chi connectivity index (χ0v) is 15.7. The Morgan fingerprint density at radius 1 is 1.19 bits per heavy atom. The second-order valence-corrected chi connectivity index (χ2v) is 7.28. The van der Waals surface area contributed by atoms with Crippen molar-refractivity contribution in [2.75, 3.05) is 46.4 Å². The fourth-order valence-electron chi connectivity index (χ4n) is 3.93. The summed E-state index contributed by atoms with van der Waals surface area (Å²) in [6.07, 6.45) is 5.17. The predicted molar refractivity (Wildman–Crippen MR) is 99.9 cm³/mol. The minimum atomic E-state index is -0.953. The molecule has 3 rings (SSSR count). The second-order valence-electron chi connectivity index (χ2n) is 7.28. The van der Waals surface area contributed by atoms with Gasteiger partial charge in [-0.15, -0.1) is 0 Å². The Labute approximate surface area is 155 Å². The van der Waals surface area contributed by atoms with E-state index in [0.717, 1.165) is 44.8 Å². The fourth-order valence-corrected chi connectivity index (χ4v) is 3.93. The first-order valence-corrected chi connectivity index (χ1v) is 9.62. The van der Waals surface area contributed by atoms with E-state index in [1.54, 1.807) is 12.1 Å². The number of rotatable bonds is 6. The molecule has 0 bridgehead atoms. The topological polar surface area (TPSA) is 62.2 Å². The smallest absolute Gasteiger partial charge is 0.339 e. The molecule has 0 spiro atoms. The van der Waals surface area contributed by atoms with E-state index in [1.165, 1.54) is 39.5 Å². The van der Waals surface area contributed by atoms with Crippen LogP contribution in [0.4, 0.5) is 0 Å². The predicted octanol–water partition coefficient (Wildman–Crippen LogP) is 2.47. The van der Waals surface area contributed by atoms with Crippen molar-refractivity contribution in [3.8, 4) is 5.75 Å². The fraction of sp³-hybridized carbons (Fsp3) is 0.650. The number of carboxylic acids is 1. The molecule has 1 aromatic rings. The summed E-state index contributed by atoms with van der Waals surface area (Å²) in [6.45, 7) is 6.78. The molecule has 2 aliphatic rings. The zero-order valence-electron chi connectivity index (χ0n) is 15.7. The summed E-state index contributed by atoms with van der Waals surface area (Å²) in [7, 11) is 1.50. The number of likely N-dealkylation sites (tertiary alicyclic amines) is 1. The third-order valence-electron chi connectivity index (χ3n) is 5.25. The number of ether oxygens (including phenoxy) is 2. The van der Waals surface area contributed by atoms with Crippen LogP contribution in [-0.2, 0) is 11.3 Å². The average Bonchev–Trinajstić information content (AvgIpc) is 2.87. The van der Waals surface area contributed by atoms with E-state index in [9.17, 15) is 9.90 Å². The summed E-state index contributed by atoms with van der Waals surface area (Å²) in [5.74, 6) is -0.547. The molecule has 0 saturated carbocycles. The molecule has 6 heteroatoms. The summed E-state index contributed by atoms with van der Waals surface area (Å²) in [5, 5.41) is 9.38. The minimum absolute atomic E-state index is 0.223. The zero-order chi connectivity index (χ0) is 18.4. The van der Waals surface area contributed by atoms with Crippen LogP contribution < -0.4 is 4.74 Å². The van der Waals surface area contributed by atoms with Crippen LogP contribution in [0, 0.1) is 0 Å². The molecule has 2 saturated heterocycles. The highest BCUT2D eigenvalue weighted by Crippen LogP contribution is 2.22. The van der Waals surface area contributed by atoms with Gasteiger partial charge >= 0.3 is 5.97 Å². The van der Waals surface area contributed by atoms with Crippen LogP contribution in [0.1, 0.15) is 41.6 Å². The Bertz CT molecular complexity index is 601. The van der Waals surface area contributed by atoms with Crippen LogP contribution in [0.5, 0.6) is 5.75 Å². The van der Waals surface area contributed by atoms with Crippen molar-refractivity contribution < 1.29 is 19.4 Å². The molecule has 26 heavy (non-hydrogen) atoms. The van der Waals surface area contributed by atoms with Gasteiger partial charge in [0.25, 0.3) is 0 Å². The number of benzene rings is 1. The van der Waals surface area contributed by atoms with E-state index in [-0.39, 0.29) is 11.7 Å². The first-order valence-electron chi connectivity index (χ1n) is 9.62. The van der Waals surface area contributed by atoms with Gasteiger partial charge in [-0.05, 0) is 50.0 Å². The number of piperidine rings is 1. The molecule has 0 amide bonds. The van der Waals surface area contributed by atoms with Crippen molar-refractivity contribution in [1.29, 1.82) is 0 Å². The van der Waals surface area contributed by atoms with Crippen molar-refractivity contribution in [3.63, 3.8) is 0 Å². The standard InChI is InChI=1S/C20H30N2O4/c1-25-19-7-6-16(12-18(19)20(23)24)13-22-10-5-11-26-17(15-22)14-21-8-3-2-4-9-21/h6-7,12,17H,2-5,8-11,13-15H2,1H3,(H,23,24)/t17-/m0/s1. The number of nitrogens with zero attached hydrogens (tertiary/aromatic N) is 2. The molecule has 0 unspecified atom stereocenters.